The van der Waals surface area contributed by atoms with Crippen LogP contribution in [0.3, 0.4) is 0 Å². The highest BCUT2D eigenvalue weighted by molar-refractivity contribution is 5.78. The summed E-state index contributed by atoms with van der Waals surface area (Å²) in [6.45, 7) is 5.79. The molecule has 2 unspecified atom stereocenters. The Balaban J connectivity index is 2.17. The quantitative estimate of drug-likeness (QED) is 0.554. The van der Waals surface area contributed by atoms with E-state index < -0.39 is 0 Å². The molecule has 0 radical (unpaired) electrons. The molecule has 2 amide bonds. The molecule has 6 nitrogen and oxygen atoms in total. The minimum atomic E-state index is -0.0807. The van der Waals surface area contributed by atoms with Crippen molar-refractivity contribution in [2.24, 2.45) is 5.73 Å². The van der Waals surface area contributed by atoms with E-state index >= 15 is 0 Å². The molecule has 0 aromatic rings. The zero-order chi connectivity index (χ0) is 13.5. The molecule has 1 aliphatic heterocycles. The molecule has 2 atom stereocenters. The molecule has 0 spiro atoms. The van der Waals surface area contributed by atoms with Crippen LogP contribution in [0, 0.1) is 0 Å². The van der Waals surface area contributed by atoms with Gasteiger partial charge in [-0.3, -0.25) is 14.5 Å². The van der Waals surface area contributed by atoms with E-state index in [2.05, 4.69) is 22.5 Å². The van der Waals surface area contributed by atoms with Crippen LogP contribution < -0.4 is 16.4 Å². The van der Waals surface area contributed by atoms with Crippen molar-refractivity contribution in [1.29, 1.82) is 0 Å². The average molecular weight is 256 g/mol. The lowest BCUT2D eigenvalue weighted by Crippen LogP contribution is -2.49. The fraction of sp³-hybridized carbons (Fsp3) is 0.833. The first-order valence-electron chi connectivity index (χ1n) is 6.49. The highest BCUT2D eigenvalue weighted by atomic mass is 16.2. The van der Waals surface area contributed by atoms with E-state index in [1.807, 2.05) is 0 Å². The monoisotopic (exact) mass is 256 g/mol. The smallest absolute Gasteiger partial charge is 0.234 e. The molecular weight excluding hydrogens is 232 g/mol. The van der Waals surface area contributed by atoms with Crippen molar-refractivity contribution in [1.82, 2.24) is 15.5 Å². The summed E-state index contributed by atoms with van der Waals surface area (Å²) < 4.78 is 0. The average Bonchev–Trinajstić information content (AvgIpc) is 2.28. The van der Waals surface area contributed by atoms with Crippen molar-refractivity contribution in [3.63, 3.8) is 0 Å². The standard InChI is InChI=1S/C12H24N4O2/c1-9-7-11(13)3-6-16(9)8-12(18)15-5-4-14-10(2)17/h9,11H,3-8,13H2,1-2H3,(H,14,17)(H,15,18). The number of likely N-dealkylation sites (tertiary alicyclic amines) is 1. The van der Waals surface area contributed by atoms with Crippen molar-refractivity contribution < 1.29 is 9.59 Å². The molecule has 0 aromatic carbocycles. The van der Waals surface area contributed by atoms with Gasteiger partial charge in [-0.2, -0.15) is 0 Å². The Morgan fingerprint density at radius 1 is 1.33 bits per heavy atom. The van der Waals surface area contributed by atoms with Crippen LogP contribution in [-0.2, 0) is 9.59 Å². The number of nitrogens with one attached hydrogen (secondary N) is 2. The molecular formula is C12H24N4O2. The van der Waals surface area contributed by atoms with Crippen molar-refractivity contribution >= 4 is 11.8 Å². The molecule has 1 heterocycles. The lowest BCUT2D eigenvalue weighted by Gasteiger charge is -2.35. The van der Waals surface area contributed by atoms with E-state index in [9.17, 15) is 9.59 Å². The minimum absolute atomic E-state index is 0.00248. The number of carbonyl (C=O) groups is 2. The number of rotatable bonds is 5. The Hall–Kier alpha value is -1.14. The second-order valence-electron chi connectivity index (χ2n) is 4.94. The largest absolute Gasteiger partial charge is 0.355 e. The van der Waals surface area contributed by atoms with E-state index in [1.54, 1.807) is 0 Å². The van der Waals surface area contributed by atoms with E-state index in [0.29, 0.717) is 25.7 Å². The maximum atomic E-state index is 11.7. The molecule has 0 aromatic heterocycles. The second-order valence-corrected chi connectivity index (χ2v) is 4.94. The predicted octanol–water partition coefficient (Wildman–Crippen LogP) is -0.950. The van der Waals surface area contributed by atoms with E-state index in [1.165, 1.54) is 6.92 Å². The second kappa shape index (κ2) is 7.33. The Labute approximate surface area is 108 Å². The summed E-state index contributed by atoms with van der Waals surface area (Å²) in [5.41, 5.74) is 5.88. The van der Waals surface area contributed by atoms with Gasteiger partial charge in [0.15, 0.2) is 0 Å². The molecule has 1 rings (SSSR count). The Bertz CT molecular complexity index is 296. The number of amides is 2. The van der Waals surface area contributed by atoms with Crippen LogP contribution in [0.25, 0.3) is 0 Å². The summed E-state index contributed by atoms with van der Waals surface area (Å²) in [6.07, 6.45) is 1.89. The predicted molar refractivity (Wildman–Crippen MR) is 69.9 cm³/mol. The summed E-state index contributed by atoms with van der Waals surface area (Å²) in [4.78, 5) is 24.5. The summed E-state index contributed by atoms with van der Waals surface area (Å²) in [7, 11) is 0. The number of carbonyl (C=O) groups excluding carboxylic acids is 2. The van der Waals surface area contributed by atoms with E-state index in [4.69, 9.17) is 5.73 Å². The Kier molecular flexibility index (Phi) is 6.07. The summed E-state index contributed by atoms with van der Waals surface area (Å²) in [5.74, 6) is -0.0782. The molecule has 1 saturated heterocycles. The van der Waals surface area contributed by atoms with Gasteiger partial charge in [0.05, 0.1) is 6.54 Å². The van der Waals surface area contributed by atoms with Gasteiger partial charge in [0, 0.05) is 38.6 Å². The Morgan fingerprint density at radius 2 is 2.00 bits per heavy atom. The maximum Gasteiger partial charge on any atom is 0.234 e. The van der Waals surface area contributed by atoms with Crippen LogP contribution in [0.5, 0.6) is 0 Å². The zero-order valence-corrected chi connectivity index (χ0v) is 11.2. The lowest BCUT2D eigenvalue weighted by molar-refractivity contribution is -0.123. The third kappa shape index (κ3) is 5.46. The summed E-state index contributed by atoms with van der Waals surface area (Å²) in [5, 5.41) is 5.43. The number of nitrogens with zero attached hydrogens (tertiary/aromatic N) is 1. The maximum absolute atomic E-state index is 11.7. The first-order valence-corrected chi connectivity index (χ1v) is 6.49. The van der Waals surface area contributed by atoms with Gasteiger partial charge in [-0.15, -0.1) is 0 Å². The zero-order valence-electron chi connectivity index (χ0n) is 11.2. The first-order chi connectivity index (χ1) is 8.49. The lowest BCUT2D eigenvalue weighted by atomic mass is 9.99. The van der Waals surface area contributed by atoms with Gasteiger partial charge in [0.25, 0.3) is 0 Å². The van der Waals surface area contributed by atoms with Gasteiger partial charge in [-0.05, 0) is 19.8 Å². The number of hydrogen-bond acceptors (Lipinski definition) is 4. The normalized spacial score (nSPS) is 24.6. The van der Waals surface area contributed by atoms with Crippen LogP contribution >= 0.6 is 0 Å². The van der Waals surface area contributed by atoms with Crippen molar-refractivity contribution in [2.75, 3.05) is 26.2 Å². The molecule has 0 aliphatic carbocycles. The molecule has 4 N–H and O–H groups in total. The molecule has 0 saturated carbocycles. The highest BCUT2D eigenvalue weighted by Gasteiger charge is 2.24. The van der Waals surface area contributed by atoms with E-state index in [-0.39, 0.29) is 17.9 Å². The first kappa shape index (κ1) is 14.9. The molecule has 0 bridgehead atoms. The minimum Gasteiger partial charge on any atom is -0.355 e. The Morgan fingerprint density at radius 3 is 2.61 bits per heavy atom. The SMILES string of the molecule is CC(=O)NCCNC(=O)CN1CCC(N)CC1C. The third-order valence-corrected chi connectivity index (χ3v) is 3.22. The summed E-state index contributed by atoms with van der Waals surface area (Å²) >= 11 is 0. The van der Waals surface area contributed by atoms with Crippen molar-refractivity contribution in [3.05, 3.63) is 0 Å². The third-order valence-electron chi connectivity index (χ3n) is 3.22. The molecule has 18 heavy (non-hydrogen) atoms. The van der Waals surface area contributed by atoms with Gasteiger partial charge in [0.2, 0.25) is 11.8 Å². The number of hydrogen-bond donors (Lipinski definition) is 3. The number of piperidine rings is 1. The van der Waals surface area contributed by atoms with Crippen molar-refractivity contribution in [2.45, 2.75) is 38.8 Å². The van der Waals surface area contributed by atoms with Crippen LogP contribution in [-0.4, -0.2) is 55.0 Å². The molecule has 6 heteroatoms. The van der Waals surface area contributed by atoms with Gasteiger partial charge in [-0.25, -0.2) is 0 Å². The molecule has 1 aliphatic rings. The van der Waals surface area contributed by atoms with Crippen LogP contribution in [0.4, 0.5) is 0 Å². The van der Waals surface area contributed by atoms with Gasteiger partial charge in [0.1, 0.15) is 0 Å². The fourth-order valence-electron chi connectivity index (χ4n) is 2.17. The van der Waals surface area contributed by atoms with Gasteiger partial charge in [-0.1, -0.05) is 0 Å². The molecule has 1 fully saturated rings. The number of nitrogens with two attached hydrogens (primary N) is 1. The van der Waals surface area contributed by atoms with Crippen LogP contribution in [0.2, 0.25) is 0 Å². The topological polar surface area (TPSA) is 87.5 Å². The van der Waals surface area contributed by atoms with E-state index in [0.717, 1.165) is 19.4 Å². The van der Waals surface area contributed by atoms with Gasteiger partial charge < -0.3 is 16.4 Å². The summed E-state index contributed by atoms with van der Waals surface area (Å²) in [6, 6.07) is 0.619. The highest BCUT2D eigenvalue weighted by Crippen LogP contribution is 2.14. The fourth-order valence-corrected chi connectivity index (χ4v) is 2.17. The van der Waals surface area contributed by atoms with Crippen molar-refractivity contribution in [3.8, 4) is 0 Å². The molecule has 104 valence electrons. The van der Waals surface area contributed by atoms with Gasteiger partial charge >= 0.3 is 0 Å². The van der Waals surface area contributed by atoms with Crippen LogP contribution in [0.15, 0.2) is 0 Å². The van der Waals surface area contributed by atoms with Crippen LogP contribution in [0.1, 0.15) is 26.7 Å².